The van der Waals surface area contributed by atoms with Crippen molar-refractivity contribution in [3.63, 3.8) is 0 Å². The fraction of sp³-hybridized carbons (Fsp3) is 0.868. The summed E-state index contributed by atoms with van der Waals surface area (Å²) in [4.78, 5) is 40.6. The molecule has 6 atom stereocenters. The van der Waals surface area contributed by atoms with Crippen LogP contribution in [0.1, 0.15) is 140 Å². The number of ether oxygens (including phenoxy) is 3. The summed E-state index contributed by atoms with van der Waals surface area (Å²) in [6.45, 7) is 19.5. The molecule has 4 aliphatic rings. The number of carbonyl (C=O) groups is 3. The van der Waals surface area contributed by atoms with Gasteiger partial charge in [0.2, 0.25) is 0 Å². The lowest BCUT2D eigenvalue weighted by Gasteiger charge is -2.49. The number of fused-ring (bicyclic) bond motifs is 5. The SMILES string of the molecule is CC(C)(CCN(CCC(C)(C)NC(=O)OC(C)(C)C)C(=O)OC1CCC2C(=CCC3C4CCCC4CCC23)C1)NC(=O)OC(C)(C)C. The highest BCUT2D eigenvalue weighted by molar-refractivity contribution is 5.70. The summed E-state index contributed by atoms with van der Waals surface area (Å²) in [6.07, 6.45) is 13.2. The van der Waals surface area contributed by atoms with Gasteiger partial charge in [-0.3, -0.25) is 0 Å². The van der Waals surface area contributed by atoms with E-state index in [9.17, 15) is 14.4 Å². The molecular weight excluding hydrogens is 594 g/mol. The van der Waals surface area contributed by atoms with E-state index in [4.69, 9.17) is 14.2 Å². The monoisotopic (exact) mass is 659 g/mol. The van der Waals surface area contributed by atoms with Crippen LogP contribution in [0.2, 0.25) is 0 Å². The summed E-state index contributed by atoms with van der Waals surface area (Å²) in [5.74, 6) is 4.21. The number of carbonyl (C=O) groups excluding carboxylic acids is 3. The van der Waals surface area contributed by atoms with Gasteiger partial charge in [-0.2, -0.15) is 0 Å². The van der Waals surface area contributed by atoms with Crippen LogP contribution in [0.3, 0.4) is 0 Å². The average Bonchev–Trinajstić information content (AvgIpc) is 3.39. The van der Waals surface area contributed by atoms with Crippen LogP contribution in [0, 0.1) is 29.6 Å². The predicted molar refractivity (Wildman–Crippen MR) is 185 cm³/mol. The Balaban J connectivity index is 1.38. The van der Waals surface area contributed by atoms with Crippen molar-refractivity contribution in [2.75, 3.05) is 13.1 Å². The van der Waals surface area contributed by atoms with Crippen LogP contribution in [0.15, 0.2) is 11.6 Å². The first-order valence-electron chi connectivity index (χ1n) is 18.4. The molecule has 3 amide bonds. The van der Waals surface area contributed by atoms with Gasteiger partial charge in [-0.1, -0.05) is 24.5 Å². The zero-order valence-electron chi connectivity index (χ0n) is 31.1. The summed E-state index contributed by atoms with van der Waals surface area (Å²) >= 11 is 0. The van der Waals surface area contributed by atoms with E-state index in [2.05, 4.69) is 16.7 Å². The normalized spacial score (nSPS) is 27.7. The van der Waals surface area contributed by atoms with Gasteiger partial charge in [0.05, 0.1) is 0 Å². The van der Waals surface area contributed by atoms with E-state index in [1.165, 1.54) is 44.1 Å². The molecule has 0 radical (unpaired) electrons. The van der Waals surface area contributed by atoms with Gasteiger partial charge in [0.1, 0.15) is 17.3 Å². The molecular formula is C38H65N3O6. The van der Waals surface area contributed by atoms with Crippen LogP contribution in [0.25, 0.3) is 0 Å². The van der Waals surface area contributed by atoms with Crippen molar-refractivity contribution in [2.24, 2.45) is 29.6 Å². The molecule has 0 aromatic carbocycles. The molecule has 3 fully saturated rings. The van der Waals surface area contributed by atoms with Crippen LogP contribution in [-0.2, 0) is 14.2 Å². The second kappa shape index (κ2) is 14.6. The van der Waals surface area contributed by atoms with Crippen LogP contribution in [-0.4, -0.2) is 64.7 Å². The second-order valence-corrected chi connectivity index (χ2v) is 18.2. The molecule has 4 rings (SSSR count). The van der Waals surface area contributed by atoms with Crippen molar-refractivity contribution in [1.29, 1.82) is 0 Å². The number of rotatable bonds is 9. The molecule has 3 saturated carbocycles. The Morgan fingerprint density at radius 2 is 1.30 bits per heavy atom. The first-order valence-corrected chi connectivity index (χ1v) is 18.4. The molecule has 47 heavy (non-hydrogen) atoms. The molecule has 0 bridgehead atoms. The van der Waals surface area contributed by atoms with E-state index in [0.29, 0.717) is 31.8 Å². The van der Waals surface area contributed by atoms with E-state index in [0.717, 1.165) is 42.9 Å². The van der Waals surface area contributed by atoms with Gasteiger partial charge in [-0.15, -0.1) is 0 Å². The highest BCUT2D eigenvalue weighted by atomic mass is 16.6. The minimum Gasteiger partial charge on any atom is -0.446 e. The molecule has 268 valence electrons. The maximum absolute atomic E-state index is 13.8. The Kier molecular flexibility index (Phi) is 11.6. The summed E-state index contributed by atoms with van der Waals surface area (Å²) in [6, 6.07) is 0. The van der Waals surface area contributed by atoms with Crippen LogP contribution >= 0.6 is 0 Å². The minimum absolute atomic E-state index is 0.132. The minimum atomic E-state index is -0.620. The Hall–Kier alpha value is -2.45. The molecule has 4 aliphatic carbocycles. The molecule has 6 unspecified atom stereocenters. The number of alkyl carbamates (subject to hydrolysis) is 2. The van der Waals surface area contributed by atoms with Gasteiger partial charge in [0, 0.05) is 30.6 Å². The van der Waals surface area contributed by atoms with Gasteiger partial charge in [-0.05, 0) is 150 Å². The van der Waals surface area contributed by atoms with Crippen molar-refractivity contribution < 1.29 is 28.6 Å². The third-order valence-electron chi connectivity index (χ3n) is 10.8. The van der Waals surface area contributed by atoms with E-state index >= 15 is 0 Å². The predicted octanol–water partition coefficient (Wildman–Crippen LogP) is 8.75. The molecule has 9 nitrogen and oxygen atoms in total. The summed E-state index contributed by atoms with van der Waals surface area (Å²) in [5.41, 5.74) is -0.932. The van der Waals surface area contributed by atoms with E-state index in [1.807, 2.05) is 69.2 Å². The first-order chi connectivity index (χ1) is 21.7. The molecule has 0 spiro atoms. The molecule has 9 heteroatoms. The highest BCUT2D eigenvalue weighted by Crippen LogP contribution is 2.56. The highest BCUT2D eigenvalue weighted by Gasteiger charge is 2.47. The molecule has 0 aliphatic heterocycles. The first kappa shape index (κ1) is 37.4. The largest absolute Gasteiger partial charge is 0.446 e. The molecule has 0 aromatic heterocycles. The topological polar surface area (TPSA) is 106 Å². The van der Waals surface area contributed by atoms with Crippen molar-refractivity contribution in [3.05, 3.63) is 11.6 Å². The number of nitrogens with zero attached hydrogens (tertiary/aromatic N) is 1. The second-order valence-electron chi connectivity index (χ2n) is 18.2. The summed E-state index contributed by atoms with van der Waals surface area (Å²) in [7, 11) is 0. The van der Waals surface area contributed by atoms with Crippen molar-refractivity contribution >= 4 is 18.3 Å². The lowest BCUT2D eigenvalue weighted by molar-refractivity contribution is 0.0207. The molecule has 2 N–H and O–H groups in total. The zero-order chi connectivity index (χ0) is 34.8. The zero-order valence-corrected chi connectivity index (χ0v) is 31.1. The average molecular weight is 660 g/mol. The Bertz CT molecular complexity index is 1100. The van der Waals surface area contributed by atoms with E-state index in [1.54, 1.807) is 4.90 Å². The number of nitrogens with one attached hydrogen (secondary N) is 2. The van der Waals surface area contributed by atoms with Crippen molar-refractivity contribution in [1.82, 2.24) is 15.5 Å². The van der Waals surface area contributed by atoms with E-state index in [-0.39, 0.29) is 12.2 Å². The molecule has 0 aromatic rings. The van der Waals surface area contributed by atoms with Crippen molar-refractivity contribution in [3.8, 4) is 0 Å². The van der Waals surface area contributed by atoms with Gasteiger partial charge in [-0.25, -0.2) is 14.4 Å². The molecule has 0 saturated heterocycles. The van der Waals surface area contributed by atoms with Gasteiger partial charge in [0.15, 0.2) is 0 Å². The quantitative estimate of drug-likeness (QED) is 0.189. The van der Waals surface area contributed by atoms with E-state index < -0.39 is 34.5 Å². The van der Waals surface area contributed by atoms with Gasteiger partial charge < -0.3 is 29.7 Å². The van der Waals surface area contributed by atoms with Crippen LogP contribution in [0.4, 0.5) is 14.4 Å². The number of amides is 3. The Morgan fingerprint density at radius 1 is 0.723 bits per heavy atom. The lowest BCUT2D eigenvalue weighted by atomic mass is 9.57. The smallest absolute Gasteiger partial charge is 0.410 e. The van der Waals surface area contributed by atoms with Crippen LogP contribution < -0.4 is 10.6 Å². The van der Waals surface area contributed by atoms with Crippen molar-refractivity contribution in [2.45, 2.75) is 168 Å². The third kappa shape index (κ3) is 11.0. The summed E-state index contributed by atoms with van der Waals surface area (Å²) in [5, 5.41) is 5.91. The fourth-order valence-electron chi connectivity index (χ4n) is 8.58. The van der Waals surface area contributed by atoms with Gasteiger partial charge in [0.25, 0.3) is 0 Å². The summed E-state index contributed by atoms with van der Waals surface area (Å²) < 4.78 is 17.2. The Labute approximate surface area is 284 Å². The molecule has 0 heterocycles. The number of hydrogen-bond donors (Lipinski definition) is 2. The standard InChI is InChI=1S/C38H65N3O6/c1-35(2,3)46-32(42)39-37(7,8)20-22-41(23-21-38(9,10)40-33(43)47-36(4,5)6)34(44)45-27-16-19-29-26(24-27)15-18-30-28-13-11-12-25(28)14-17-31(29)30/h15,25,27-31H,11-14,16-24H2,1-10H3,(H,39,42)(H,40,43). The van der Waals surface area contributed by atoms with Gasteiger partial charge >= 0.3 is 18.3 Å². The fourth-order valence-corrected chi connectivity index (χ4v) is 8.58. The number of hydrogen-bond acceptors (Lipinski definition) is 6. The maximum Gasteiger partial charge on any atom is 0.410 e. The Morgan fingerprint density at radius 3 is 1.85 bits per heavy atom. The number of allylic oxidation sites excluding steroid dienone is 1. The maximum atomic E-state index is 13.8. The van der Waals surface area contributed by atoms with Crippen LogP contribution in [0.5, 0.6) is 0 Å². The third-order valence-corrected chi connectivity index (χ3v) is 10.8. The lowest BCUT2D eigenvalue weighted by Crippen LogP contribution is -2.50.